The van der Waals surface area contributed by atoms with Gasteiger partial charge < -0.3 is 10.2 Å². The predicted molar refractivity (Wildman–Crippen MR) is 58.6 cm³/mol. The predicted octanol–water partition coefficient (Wildman–Crippen LogP) is -0.346. The molecular formula is C10H14N2O5. The molecule has 0 aliphatic heterocycles. The third-order valence-corrected chi connectivity index (χ3v) is 2.15. The first kappa shape index (κ1) is 14.8. The molecule has 0 fully saturated rings. The zero-order valence-electron chi connectivity index (χ0n) is 9.21. The third-order valence-electron chi connectivity index (χ3n) is 2.15. The van der Waals surface area contributed by atoms with E-state index in [0.29, 0.717) is 6.41 Å². The summed E-state index contributed by atoms with van der Waals surface area (Å²) in [5, 5.41) is 17.5. The molecule has 0 radical (unpaired) electrons. The van der Waals surface area contributed by atoms with Crippen LogP contribution in [-0.4, -0.2) is 28.6 Å². The summed E-state index contributed by atoms with van der Waals surface area (Å²) in [4.78, 5) is 30.3. The lowest BCUT2D eigenvalue weighted by atomic mass is 9.80. The Balaban J connectivity index is 0.000000557. The molecule has 1 aliphatic carbocycles. The fraction of sp³-hybridized carbons (Fsp3) is 0.300. The maximum atomic E-state index is 10.8. The summed E-state index contributed by atoms with van der Waals surface area (Å²) < 4.78 is 0. The fourth-order valence-electron chi connectivity index (χ4n) is 1.18. The Hall–Kier alpha value is -2.15. The highest BCUT2D eigenvalue weighted by atomic mass is 16.4. The SMILES string of the molecule is CC1(C(=O)O)C=CC=C(C(=O)O)C1.NNC=O. The van der Waals surface area contributed by atoms with Crippen molar-refractivity contribution < 1.29 is 24.6 Å². The molecule has 1 amide bonds. The summed E-state index contributed by atoms with van der Waals surface area (Å²) in [6.45, 7) is 1.50. The van der Waals surface area contributed by atoms with Crippen molar-refractivity contribution in [2.24, 2.45) is 11.3 Å². The Morgan fingerprint density at radius 2 is 2.06 bits per heavy atom. The van der Waals surface area contributed by atoms with E-state index in [1.807, 2.05) is 0 Å². The summed E-state index contributed by atoms with van der Waals surface area (Å²) in [5.41, 5.74) is 0.801. The molecule has 0 aromatic carbocycles. The molecule has 0 aromatic rings. The van der Waals surface area contributed by atoms with Crippen molar-refractivity contribution in [2.75, 3.05) is 0 Å². The van der Waals surface area contributed by atoms with Gasteiger partial charge in [-0.3, -0.25) is 15.0 Å². The van der Waals surface area contributed by atoms with E-state index in [-0.39, 0.29) is 12.0 Å². The van der Waals surface area contributed by atoms with E-state index < -0.39 is 17.4 Å². The van der Waals surface area contributed by atoms with Gasteiger partial charge in [-0.25, -0.2) is 10.6 Å². The average Bonchev–Trinajstić information content (AvgIpc) is 2.29. The van der Waals surface area contributed by atoms with E-state index in [9.17, 15) is 9.59 Å². The second-order valence-corrected chi connectivity index (χ2v) is 3.54. The van der Waals surface area contributed by atoms with Crippen LogP contribution in [0.2, 0.25) is 0 Å². The monoisotopic (exact) mass is 242 g/mol. The summed E-state index contributed by atoms with van der Waals surface area (Å²) >= 11 is 0. The zero-order valence-corrected chi connectivity index (χ0v) is 9.21. The van der Waals surface area contributed by atoms with Crippen molar-refractivity contribution in [3.63, 3.8) is 0 Å². The Bertz CT molecular complexity index is 375. The number of carboxylic acids is 2. The van der Waals surface area contributed by atoms with Crippen LogP contribution >= 0.6 is 0 Å². The highest BCUT2D eigenvalue weighted by molar-refractivity contribution is 5.90. The third kappa shape index (κ3) is 4.47. The molecule has 1 unspecified atom stereocenters. The lowest BCUT2D eigenvalue weighted by Crippen LogP contribution is -2.28. The number of nitrogens with one attached hydrogen (secondary N) is 1. The Labute approximate surface area is 97.6 Å². The second-order valence-electron chi connectivity index (χ2n) is 3.54. The van der Waals surface area contributed by atoms with E-state index in [1.165, 1.54) is 25.2 Å². The molecule has 94 valence electrons. The molecule has 0 bridgehead atoms. The molecule has 17 heavy (non-hydrogen) atoms. The highest BCUT2D eigenvalue weighted by Gasteiger charge is 2.34. The van der Waals surface area contributed by atoms with Crippen molar-refractivity contribution in [2.45, 2.75) is 13.3 Å². The highest BCUT2D eigenvalue weighted by Crippen LogP contribution is 2.31. The standard InChI is InChI=1S/C9H10O4.CH4N2O/c1-9(8(12)13)4-2-3-6(5-9)7(10)11;2-3-1-4/h2-4H,5H2,1H3,(H,10,11)(H,12,13);1H,2H2,(H,3,4). The van der Waals surface area contributed by atoms with E-state index in [4.69, 9.17) is 15.0 Å². The number of allylic oxidation sites excluding steroid dienone is 2. The maximum Gasteiger partial charge on any atom is 0.331 e. The summed E-state index contributed by atoms with van der Waals surface area (Å²) in [6, 6.07) is 0. The first-order valence-corrected chi connectivity index (χ1v) is 4.62. The van der Waals surface area contributed by atoms with Crippen LogP contribution in [0.1, 0.15) is 13.3 Å². The van der Waals surface area contributed by atoms with Crippen molar-refractivity contribution >= 4 is 18.3 Å². The molecule has 1 atom stereocenters. The van der Waals surface area contributed by atoms with Crippen molar-refractivity contribution in [3.8, 4) is 0 Å². The van der Waals surface area contributed by atoms with Crippen LogP contribution in [0, 0.1) is 5.41 Å². The zero-order chi connectivity index (χ0) is 13.5. The van der Waals surface area contributed by atoms with Gasteiger partial charge in [0.1, 0.15) is 0 Å². The number of carboxylic acid groups (broad SMARTS) is 2. The average molecular weight is 242 g/mol. The lowest BCUT2D eigenvalue weighted by molar-refractivity contribution is -0.145. The first-order chi connectivity index (χ1) is 7.87. The minimum atomic E-state index is -1.08. The van der Waals surface area contributed by atoms with Crippen LogP contribution in [-0.2, 0) is 14.4 Å². The topological polar surface area (TPSA) is 130 Å². The molecule has 7 heteroatoms. The van der Waals surface area contributed by atoms with Crippen LogP contribution in [0.4, 0.5) is 0 Å². The Morgan fingerprint density at radius 1 is 1.53 bits per heavy atom. The number of rotatable bonds is 3. The molecular weight excluding hydrogens is 228 g/mol. The molecule has 0 spiro atoms. The number of carbonyl (C=O) groups excluding carboxylic acids is 1. The minimum Gasteiger partial charge on any atom is -0.481 e. The number of hydrazine groups is 1. The van der Waals surface area contributed by atoms with Crippen LogP contribution in [0.5, 0.6) is 0 Å². The van der Waals surface area contributed by atoms with Gasteiger partial charge in [0.2, 0.25) is 6.41 Å². The largest absolute Gasteiger partial charge is 0.481 e. The number of amides is 1. The smallest absolute Gasteiger partial charge is 0.331 e. The summed E-state index contributed by atoms with van der Waals surface area (Å²) in [5.74, 6) is 2.35. The first-order valence-electron chi connectivity index (χ1n) is 4.62. The molecule has 5 N–H and O–H groups in total. The van der Waals surface area contributed by atoms with Crippen LogP contribution in [0.15, 0.2) is 23.8 Å². The van der Waals surface area contributed by atoms with Gasteiger partial charge in [-0.2, -0.15) is 0 Å². The number of nitrogens with two attached hydrogens (primary N) is 1. The summed E-state index contributed by atoms with van der Waals surface area (Å²) in [6.07, 6.45) is 4.84. The molecule has 0 saturated carbocycles. The van der Waals surface area contributed by atoms with Crippen LogP contribution in [0.3, 0.4) is 0 Å². The molecule has 1 rings (SSSR count). The Kier molecular flexibility index (Phi) is 5.62. The van der Waals surface area contributed by atoms with Crippen molar-refractivity contribution in [1.29, 1.82) is 0 Å². The van der Waals surface area contributed by atoms with Gasteiger partial charge in [0.25, 0.3) is 0 Å². The number of hydrogen-bond acceptors (Lipinski definition) is 4. The van der Waals surface area contributed by atoms with Crippen molar-refractivity contribution in [3.05, 3.63) is 23.8 Å². The Morgan fingerprint density at radius 3 is 2.41 bits per heavy atom. The number of carbonyl (C=O) groups is 3. The van der Waals surface area contributed by atoms with Gasteiger partial charge in [-0.15, -0.1) is 0 Å². The van der Waals surface area contributed by atoms with Crippen molar-refractivity contribution in [1.82, 2.24) is 5.43 Å². The number of aliphatic carboxylic acids is 2. The quantitative estimate of drug-likeness (QED) is 0.232. The van der Waals surface area contributed by atoms with E-state index in [1.54, 1.807) is 5.43 Å². The summed E-state index contributed by atoms with van der Waals surface area (Å²) in [7, 11) is 0. The van der Waals surface area contributed by atoms with Gasteiger partial charge in [0, 0.05) is 5.57 Å². The van der Waals surface area contributed by atoms with Gasteiger partial charge in [0.15, 0.2) is 0 Å². The minimum absolute atomic E-state index is 0.0359. The van der Waals surface area contributed by atoms with E-state index in [2.05, 4.69) is 5.84 Å². The van der Waals surface area contributed by atoms with Gasteiger partial charge >= 0.3 is 11.9 Å². The maximum absolute atomic E-state index is 10.8. The van der Waals surface area contributed by atoms with Crippen LogP contribution in [0.25, 0.3) is 0 Å². The number of hydrogen-bond donors (Lipinski definition) is 4. The normalized spacial score (nSPS) is 21.6. The molecule has 0 heterocycles. The molecule has 0 aromatic heterocycles. The van der Waals surface area contributed by atoms with E-state index >= 15 is 0 Å². The second kappa shape index (κ2) is 6.44. The van der Waals surface area contributed by atoms with Gasteiger partial charge in [-0.05, 0) is 13.3 Å². The molecule has 7 nitrogen and oxygen atoms in total. The van der Waals surface area contributed by atoms with Gasteiger partial charge in [-0.1, -0.05) is 18.2 Å². The van der Waals surface area contributed by atoms with Gasteiger partial charge in [0.05, 0.1) is 5.41 Å². The molecule has 0 saturated heterocycles. The van der Waals surface area contributed by atoms with E-state index in [0.717, 1.165) is 0 Å². The fourth-order valence-corrected chi connectivity index (χ4v) is 1.18. The lowest BCUT2D eigenvalue weighted by Gasteiger charge is -2.23. The van der Waals surface area contributed by atoms with Crippen LogP contribution < -0.4 is 11.3 Å². The molecule has 1 aliphatic rings.